The summed E-state index contributed by atoms with van der Waals surface area (Å²) in [6, 6.07) is 0.345. The highest BCUT2D eigenvalue weighted by Crippen LogP contribution is 2.44. The summed E-state index contributed by atoms with van der Waals surface area (Å²) >= 11 is 0. The minimum atomic E-state index is 0.344. The first-order valence-electron chi connectivity index (χ1n) is 8.93. The highest BCUT2D eigenvalue weighted by atomic mass is 16.2. The van der Waals surface area contributed by atoms with Crippen LogP contribution in [0.1, 0.15) is 57.8 Å². The van der Waals surface area contributed by atoms with E-state index in [1.165, 1.54) is 44.9 Å². The van der Waals surface area contributed by atoms with Crippen LogP contribution in [-0.4, -0.2) is 54.5 Å². The zero-order valence-corrected chi connectivity index (χ0v) is 13.4. The van der Waals surface area contributed by atoms with Crippen molar-refractivity contribution in [2.24, 2.45) is 11.1 Å². The highest BCUT2D eigenvalue weighted by Gasteiger charge is 2.36. The van der Waals surface area contributed by atoms with E-state index in [9.17, 15) is 4.79 Å². The van der Waals surface area contributed by atoms with Crippen molar-refractivity contribution in [1.29, 1.82) is 0 Å². The van der Waals surface area contributed by atoms with Gasteiger partial charge in [-0.05, 0) is 43.9 Å². The van der Waals surface area contributed by atoms with Gasteiger partial charge in [0.25, 0.3) is 0 Å². The number of hydrogen-bond donors (Lipinski definition) is 1. The van der Waals surface area contributed by atoms with Gasteiger partial charge < -0.3 is 10.6 Å². The van der Waals surface area contributed by atoms with Gasteiger partial charge in [-0.3, -0.25) is 9.69 Å². The van der Waals surface area contributed by atoms with E-state index >= 15 is 0 Å². The number of nitrogens with zero attached hydrogens (tertiary/aromatic N) is 2. The number of piperidine rings is 2. The minimum absolute atomic E-state index is 0.344. The van der Waals surface area contributed by atoms with Crippen LogP contribution in [0.2, 0.25) is 0 Å². The van der Waals surface area contributed by atoms with Crippen LogP contribution in [0.15, 0.2) is 0 Å². The molecule has 2 heterocycles. The average Bonchev–Trinajstić information content (AvgIpc) is 2.51. The molecule has 3 fully saturated rings. The Labute approximate surface area is 129 Å². The average molecular weight is 293 g/mol. The lowest BCUT2D eigenvalue weighted by atomic mass is 9.68. The molecule has 3 aliphatic rings. The fraction of sp³-hybridized carbons (Fsp3) is 0.941. The summed E-state index contributed by atoms with van der Waals surface area (Å²) in [4.78, 5) is 16.9. The molecule has 21 heavy (non-hydrogen) atoms. The molecule has 0 aromatic heterocycles. The summed E-state index contributed by atoms with van der Waals surface area (Å²) in [6.07, 6.45) is 11.6. The van der Waals surface area contributed by atoms with Crippen molar-refractivity contribution >= 4 is 5.91 Å². The summed E-state index contributed by atoms with van der Waals surface area (Å²) < 4.78 is 0. The fourth-order valence-corrected chi connectivity index (χ4v) is 4.43. The van der Waals surface area contributed by atoms with Crippen LogP contribution in [0, 0.1) is 5.41 Å². The molecule has 0 atom stereocenters. The van der Waals surface area contributed by atoms with Gasteiger partial charge in [-0.1, -0.05) is 19.3 Å². The van der Waals surface area contributed by atoms with E-state index in [1.54, 1.807) is 0 Å². The van der Waals surface area contributed by atoms with Gasteiger partial charge in [-0.25, -0.2) is 0 Å². The normalized spacial score (nSPS) is 28.0. The van der Waals surface area contributed by atoms with Crippen LogP contribution < -0.4 is 5.73 Å². The molecule has 0 aromatic carbocycles. The molecule has 4 nitrogen and oxygen atoms in total. The third-order valence-electron chi connectivity index (χ3n) is 6.08. The molecule has 1 saturated carbocycles. The molecule has 120 valence electrons. The molecule has 2 N–H and O–H groups in total. The molecule has 0 unspecified atom stereocenters. The van der Waals surface area contributed by atoms with E-state index in [0.717, 1.165) is 39.0 Å². The smallest absolute Gasteiger partial charge is 0.236 e. The Morgan fingerprint density at radius 2 is 1.57 bits per heavy atom. The Morgan fingerprint density at radius 1 is 0.952 bits per heavy atom. The fourth-order valence-electron chi connectivity index (χ4n) is 4.43. The molecule has 0 aromatic rings. The third kappa shape index (κ3) is 3.78. The molecule has 1 spiro atoms. The number of carbonyl (C=O) groups is 1. The van der Waals surface area contributed by atoms with Crippen molar-refractivity contribution in [3.8, 4) is 0 Å². The number of likely N-dealkylation sites (tertiary alicyclic amines) is 2. The Hall–Kier alpha value is -0.610. The Morgan fingerprint density at radius 3 is 2.19 bits per heavy atom. The molecule has 3 rings (SSSR count). The lowest BCUT2D eigenvalue weighted by molar-refractivity contribution is -0.135. The lowest BCUT2D eigenvalue weighted by Crippen LogP contribution is -2.49. The van der Waals surface area contributed by atoms with Crippen LogP contribution in [-0.2, 0) is 4.79 Å². The van der Waals surface area contributed by atoms with Gasteiger partial charge >= 0.3 is 0 Å². The maximum atomic E-state index is 12.5. The molecule has 2 saturated heterocycles. The Kier molecular flexibility index (Phi) is 4.85. The SMILES string of the molecule is NC1CCN(CC(=O)N2CCC3(CCCCC3)CC2)CC1. The summed E-state index contributed by atoms with van der Waals surface area (Å²) in [5.41, 5.74) is 6.52. The highest BCUT2D eigenvalue weighted by molar-refractivity contribution is 5.78. The van der Waals surface area contributed by atoms with E-state index in [1.807, 2.05) is 0 Å². The van der Waals surface area contributed by atoms with Gasteiger partial charge in [0.2, 0.25) is 5.91 Å². The predicted octanol–water partition coefficient (Wildman–Crippen LogP) is 1.98. The summed E-state index contributed by atoms with van der Waals surface area (Å²) in [7, 11) is 0. The second kappa shape index (κ2) is 6.66. The van der Waals surface area contributed by atoms with Gasteiger partial charge in [0.05, 0.1) is 6.54 Å². The second-order valence-corrected chi connectivity index (χ2v) is 7.56. The van der Waals surface area contributed by atoms with Crippen molar-refractivity contribution in [2.45, 2.75) is 63.8 Å². The number of nitrogens with two attached hydrogens (primary N) is 1. The summed E-state index contributed by atoms with van der Waals surface area (Å²) in [5, 5.41) is 0. The van der Waals surface area contributed by atoms with Crippen LogP contribution in [0.3, 0.4) is 0 Å². The van der Waals surface area contributed by atoms with Crippen molar-refractivity contribution in [3.05, 3.63) is 0 Å². The molecule has 1 aliphatic carbocycles. The van der Waals surface area contributed by atoms with Crippen molar-refractivity contribution < 1.29 is 4.79 Å². The van der Waals surface area contributed by atoms with E-state index < -0.39 is 0 Å². The number of rotatable bonds is 2. The zero-order valence-electron chi connectivity index (χ0n) is 13.4. The predicted molar refractivity (Wildman–Crippen MR) is 85.0 cm³/mol. The van der Waals surface area contributed by atoms with Crippen LogP contribution >= 0.6 is 0 Å². The molecule has 1 amide bonds. The Bertz CT molecular complexity index is 347. The summed E-state index contributed by atoms with van der Waals surface area (Å²) in [5.74, 6) is 0.344. The number of hydrogen-bond acceptors (Lipinski definition) is 3. The van der Waals surface area contributed by atoms with Crippen LogP contribution in [0.25, 0.3) is 0 Å². The van der Waals surface area contributed by atoms with Gasteiger partial charge in [0.1, 0.15) is 0 Å². The van der Waals surface area contributed by atoms with Crippen molar-refractivity contribution in [3.63, 3.8) is 0 Å². The molecular formula is C17H31N3O. The maximum absolute atomic E-state index is 12.5. The van der Waals surface area contributed by atoms with Crippen molar-refractivity contribution in [2.75, 3.05) is 32.7 Å². The first-order valence-corrected chi connectivity index (χ1v) is 8.93. The second-order valence-electron chi connectivity index (χ2n) is 7.56. The standard InChI is InChI=1S/C17H31N3O/c18-15-4-10-19(11-5-15)14-16(21)20-12-8-17(9-13-20)6-2-1-3-7-17/h15H,1-14,18H2. The Balaban J connectivity index is 1.44. The van der Waals surface area contributed by atoms with Gasteiger partial charge in [0.15, 0.2) is 0 Å². The number of carbonyl (C=O) groups excluding carboxylic acids is 1. The van der Waals surface area contributed by atoms with E-state index in [0.29, 0.717) is 23.9 Å². The minimum Gasteiger partial charge on any atom is -0.342 e. The first-order chi connectivity index (χ1) is 10.2. The third-order valence-corrected chi connectivity index (χ3v) is 6.08. The monoisotopic (exact) mass is 293 g/mol. The van der Waals surface area contributed by atoms with Crippen LogP contribution in [0.5, 0.6) is 0 Å². The van der Waals surface area contributed by atoms with E-state index in [4.69, 9.17) is 5.73 Å². The van der Waals surface area contributed by atoms with Gasteiger partial charge in [-0.2, -0.15) is 0 Å². The van der Waals surface area contributed by atoms with E-state index in [2.05, 4.69) is 9.80 Å². The topological polar surface area (TPSA) is 49.6 Å². The zero-order chi connectivity index (χ0) is 14.7. The quantitative estimate of drug-likeness (QED) is 0.847. The molecule has 4 heteroatoms. The van der Waals surface area contributed by atoms with Gasteiger partial charge in [-0.15, -0.1) is 0 Å². The molecule has 0 radical (unpaired) electrons. The van der Waals surface area contributed by atoms with Crippen LogP contribution in [0.4, 0.5) is 0 Å². The first kappa shape index (κ1) is 15.3. The van der Waals surface area contributed by atoms with Crippen molar-refractivity contribution in [1.82, 2.24) is 9.80 Å². The lowest BCUT2D eigenvalue weighted by Gasteiger charge is -2.44. The number of amides is 1. The largest absolute Gasteiger partial charge is 0.342 e. The van der Waals surface area contributed by atoms with E-state index in [-0.39, 0.29) is 0 Å². The molecular weight excluding hydrogens is 262 g/mol. The summed E-state index contributed by atoms with van der Waals surface area (Å²) in [6.45, 7) is 4.58. The molecule has 0 bridgehead atoms. The molecule has 2 aliphatic heterocycles. The maximum Gasteiger partial charge on any atom is 0.236 e. The van der Waals surface area contributed by atoms with Gasteiger partial charge in [0, 0.05) is 32.2 Å².